The third-order valence-electron chi connectivity index (χ3n) is 4.30. The van der Waals surface area contributed by atoms with Crippen LogP contribution >= 0.6 is 11.3 Å². The number of piperidine rings is 1. The van der Waals surface area contributed by atoms with Crippen LogP contribution in [0.5, 0.6) is 0 Å². The first kappa shape index (κ1) is 18.4. The first-order valence-electron chi connectivity index (χ1n) is 8.58. The fourth-order valence-corrected chi connectivity index (χ4v) is 3.83. The summed E-state index contributed by atoms with van der Waals surface area (Å²) in [5, 5.41) is 12.8. The number of urea groups is 1. The second kappa shape index (κ2) is 7.06. The summed E-state index contributed by atoms with van der Waals surface area (Å²) in [6.07, 6.45) is 3.22. The highest BCUT2D eigenvalue weighted by Crippen LogP contribution is 2.24. The van der Waals surface area contributed by atoms with E-state index in [0.717, 1.165) is 17.1 Å². The van der Waals surface area contributed by atoms with Crippen LogP contribution in [0.3, 0.4) is 0 Å². The van der Waals surface area contributed by atoms with Crippen LogP contribution in [0.25, 0.3) is 0 Å². The van der Waals surface area contributed by atoms with Crippen LogP contribution in [-0.4, -0.2) is 39.3 Å². The van der Waals surface area contributed by atoms with Crippen molar-refractivity contribution in [3.63, 3.8) is 0 Å². The third kappa shape index (κ3) is 3.87. The van der Waals surface area contributed by atoms with Gasteiger partial charge in [-0.05, 0) is 33.6 Å². The molecule has 0 aromatic carbocycles. The zero-order valence-corrected chi connectivity index (χ0v) is 16.3. The quantitative estimate of drug-likeness (QED) is 0.853. The van der Waals surface area contributed by atoms with Crippen molar-refractivity contribution in [1.82, 2.24) is 25.4 Å². The van der Waals surface area contributed by atoms with Crippen molar-refractivity contribution >= 4 is 29.1 Å². The summed E-state index contributed by atoms with van der Waals surface area (Å²) < 4.78 is 1.66. The molecule has 1 fully saturated rings. The normalized spacial score (nSPS) is 18.1. The molecule has 0 unspecified atom stereocenters. The largest absolute Gasteiger partial charge is 0.327 e. The topological polar surface area (TPSA) is 92.2 Å². The smallest absolute Gasteiger partial charge is 0.316 e. The summed E-state index contributed by atoms with van der Waals surface area (Å²) in [5.41, 5.74) is 0.315. The lowest BCUT2D eigenvalue weighted by molar-refractivity contribution is -0.121. The predicted octanol–water partition coefficient (Wildman–Crippen LogP) is 1.91. The molecule has 0 aliphatic carbocycles. The molecule has 3 rings (SSSR count). The number of hydrogen-bond acceptors (Lipinski definition) is 5. The number of anilines is 1. The summed E-state index contributed by atoms with van der Waals surface area (Å²) >= 11 is 1.51. The van der Waals surface area contributed by atoms with Gasteiger partial charge in [-0.15, -0.1) is 11.3 Å². The number of carbonyl (C=O) groups is 2. The van der Waals surface area contributed by atoms with Crippen LogP contribution in [0.1, 0.15) is 37.4 Å². The summed E-state index contributed by atoms with van der Waals surface area (Å²) in [4.78, 5) is 31.3. The van der Waals surface area contributed by atoms with E-state index in [1.54, 1.807) is 21.8 Å². The SMILES string of the molecule is Cc1csc(C(C)(C)NC(=O)N[C@H]2CCCN(c3ccn(C)n3)C2=O)n1. The number of carbonyl (C=O) groups excluding carboxylic acids is 2. The number of nitrogens with one attached hydrogen (secondary N) is 2. The predicted molar refractivity (Wildman–Crippen MR) is 100 cm³/mol. The highest BCUT2D eigenvalue weighted by atomic mass is 32.1. The van der Waals surface area contributed by atoms with Gasteiger partial charge < -0.3 is 10.6 Å². The van der Waals surface area contributed by atoms with Gasteiger partial charge in [-0.1, -0.05) is 0 Å². The number of aromatic nitrogens is 3. The average molecular weight is 376 g/mol. The molecule has 0 bridgehead atoms. The summed E-state index contributed by atoms with van der Waals surface area (Å²) in [7, 11) is 1.81. The Hall–Kier alpha value is -2.42. The summed E-state index contributed by atoms with van der Waals surface area (Å²) in [5.74, 6) is 0.482. The van der Waals surface area contributed by atoms with Gasteiger partial charge in [0.25, 0.3) is 5.91 Å². The number of aryl methyl sites for hydroxylation is 2. The van der Waals surface area contributed by atoms with Crippen molar-refractivity contribution in [3.05, 3.63) is 28.3 Å². The van der Waals surface area contributed by atoms with Crippen LogP contribution in [-0.2, 0) is 17.4 Å². The Morgan fingerprint density at radius 1 is 1.42 bits per heavy atom. The Bertz CT molecular complexity index is 812. The first-order valence-corrected chi connectivity index (χ1v) is 9.46. The molecule has 1 aliphatic rings. The molecule has 0 saturated carbocycles. The molecule has 0 radical (unpaired) electrons. The molecule has 1 atom stereocenters. The molecule has 1 saturated heterocycles. The van der Waals surface area contributed by atoms with Crippen molar-refractivity contribution in [1.29, 1.82) is 0 Å². The highest BCUT2D eigenvalue weighted by molar-refractivity contribution is 7.09. The van der Waals surface area contributed by atoms with Crippen molar-refractivity contribution in [2.75, 3.05) is 11.4 Å². The van der Waals surface area contributed by atoms with E-state index in [2.05, 4.69) is 20.7 Å². The Kier molecular flexibility index (Phi) is 4.99. The molecule has 2 N–H and O–H groups in total. The minimum atomic E-state index is -0.610. The van der Waals surface area contributed by atoms with Crippen LogP contribution < -0.4 is 15.5 Å². The van der Waals surface area contributed by atoms with Gasteiger partial charge in [0, 0.05) is 36.9 Å². The minimum absolute atomic E-state index is 0.131. The van der Waals surface area contributed by atoms with Gasteiger partial charge in [-0.3, -0.25) is 14.4 Å². The van der Waals surface area contributed by atoms with Crippen LogP contribution in [0.15, 0.2) is 17.6 Å². The number of thiazole rings is 1. The molecule has 8 nitrogen and oxygen atoms in total. The van der Waals surface area contributed by atoms with Crippen LogP contribution in [0, 0.1) is 6.92 Å². The fourth-order valence-electron chi connectivity index (χ4n) is 2.96. The van der Waals surface area contributed by atoms with Gasteiger partial charge in [0.05, 0.1) is 5.54 Å². The lowest BCUT2D eigenvalue weighted by Crippen LogP contribution is -2.56. The lowest BCUT2D eigenvalue weighted by Gasteiger charge is -2.32. The Morgan fingerprint density at radius 3 is 2.81 bits per heavy atom. The van der Waals surface area contributed by atoms with Crippen molar-refractivity contribution in [3.8, 4) is 0 Å². The molecule has 26 heavy (non-hydrogen) atoms. The second-order valence-electron chi connectivity index (χ2n) is 7.05. The summed E-state index contributed by atoms with van der Waals surface area (Å²) in [6.45, 7) is 6.32. The van der Waals surface area contributed by atoms with E-state index < -0.39 is 11.6 Å². The van der Waals surface area contributed by atoms with Gasteiger partial charge in [-0.2, -0.15) is 5.10 Å². The molecular weight excluding hydrogens is 352 g/mol. The third-order valence-corrected chi connectivity index (χ3v) is 5.58. The molecule has 1 aliphatic heterocycles. The number of rotatable bonds is 4. The molecule has 2 aromatic rings. The van der Waals surface area contributed by atoms with Crippen LogP contribution in [0.4, 0.5) is 10.6 Å². The fraction of sp³-hybridized carbons (Fsp3) is 0.529. The molecule has 140 valence electrons. The molecule has 3 heterocycles. The van der Waals surface area contributed by atoms with E-state index in [-0.39, 0.29) is 11.9 Å². The Balaban J connectivity index is 1.64. The van der Waals surface area contributed by atoms with Crippen molar-refractivity contribution in [2.24, 2.45) is 7.05 Å². The standard InChI is InChI=1S/C17H24N6O2S/c1-11-10-26-15(18-11)17(2,3)20-16(25)19-12-6-5-8-23(14(12)24)13-7-9-22(4)21-13/h7,9-10,12H,5-6,8H2,1-4H3,(H2,19,20,25)/t12-/m0/s1. The molecule has 2 aromatic heterocycles. The maximum absolute atomic E-state index is 12.7. The maximum Gasteiger partial charge on any atom is 0.316 e. The molecule has 3 amide bonds. The van der Waals surface area contributed by atoms with Crippen LogP contribution in [0.2, 0.25) is 0 Å². The van der Waals surface area contributed by atoms with E-state index in [1.807, 2.05) is 33.2 Å². The van der Waals surface area contributed by atoms with Crippen molar-refractivity contribution in [2.45, 2.75) is 45.2 Å². The summed E-state index contributed by atoms with van der Waals surface area (Å²) in [6, 6.07) is 0.873. The van der Waals surface area contributed by atoms with E-state index >= 15 is 0 Å². The number of nitrogens with zero attached hydrogens (tertiary/aromatic N) is 4. The van der Waals surface area contributed by atoms with E-state index in [4.69, 9.17) is 0 Å². The second-order valence-corrected chi connectivity index (χ2v) is 7.91. The zero-order chi connectivity index (χ0) is 18.9. The zero-order valence-electron chi connectivity index (χ0n) is 15.4. The Morgan fingerprint density at radius 2 is 2.19 bits per heavy atom. The molecule has 9 heteroatoms. The van der Waals surface area contributed by atoms with Crippen molar-refractivity contribution < 1.29 is 9.59 Å². The van der Waals surface area contributed by atoms with Gasteiger partial charge in [0.1, 0.15) is 11.0 Å². The number of amides is 3. The van der Waals surface area contributed by atoms with E-state index in [9.17, 15) is 9.59 Å². The van der Waals surface area contributed by atoms with Gasteiger partial charge in [0.2, 0.25) is 0 Å². The highest BCUT2D eigenvalue weighted by Gasteiger charge is 2.33. The van der Waals surface area contributed by atoms with E-state index in [1.165, 1.54) is 11.3 Å². The van der Waals surface area contributed by atoms with Gasteiger partial charge >= 0.3 is 6.03 Å². The van der Waals surface area contributed by atoms with E-state index in [0.29, 0.717) is 18.8 Å². The van der Waals surface area contributed by atoms with Gasteiger partial charge in [0.15, 0.2) is 5.82 Å². The Labute approximate surface area is 156 Å². The maximum atomic E-state index is 12.7. The molecule has 0 spiro atoms. The monoisotopic (exact) mass is 376 g/mol. The minimum Gasteiger partial charge on any atom is -0.327 e. The number of hydrogen-bond donors (Lipinski definition) is 2. The average Bonchev–Trinajstić information content (AvgIpc) is 3.18. The molecular formula is C17H24N6O2S. The lowest BCUT2D eigenvalue weighted by atomic mass is 10.0. The van der Waals surface area contributed by atoms with Gasteiger partial charge in [-0.25, -0.2) is 9.78 Å². The first-order chi connectivity index (χ1) is 12.3.